The molecule has 0 saturated carbocycles. The summed E-state index contributed by atoms with van der Waals surface area (Å²) < 4.78 is 5.41. The molecule has 132 valence electrons. The van der Waals surface area contributed by atoms with Gasteiger partial charge in [0.25, 0.3) is 5.91 Å². The molecule has 1 aliphatic rings. The highest BCUT2D eigenvalue weighted by Crippen LogP contribution is 2.31. The molecule has 0 spiro atoms. The number of fused-ring (bicyclic) bond motifs is 1. The molecule has 0 atom stereocenters. The molecule has 1 heterocycles. The average Bonchev–Trinajstić information content (AvgIpc) is 2.67. The summed E-state index contributed by atoms with van der Waals surface area (Å²) in [5.74, 6) is 0.436. The normalized spacial score (nSPS) is 12.8. The fraction of sp³-hybridized carbons (Fsp3) is 0.250. The zero-order chi connectivity index (χ0) is 18.5. The van der Waals surface area contributed by atoms with Crippen LogP contribution >= 0.6 is 0 Å². The van der Waals surface area contributed by atoms with E-state index in [9.17, 15) is 9.59 Å². The number of carbonyl (C=O) groups is 2. The van der Waals surface area contributed by atoms with Crippen molar-refractivity contribution >= 4 is 17.5 Å². The summed E-state index contributed by atoms with van der Waals surface area (Å²) in [6.45, 7) is 0.713. The summed E-state index contributed by atoms with van der Waals surface area (Å²) in [6, 6.07) is 16.6. The van der Waals surface area contributed by atoms with Gasteiger partial charge in [-0.1, -0.05) is 24.3 Å². The lowest BCUT2D eigenvalue weighted by molar-refractivity contribution is -0.130. The quantitative estimate of drug-likeness (QED) is 0.830. The Balaban J connectivity index is 1.61. The van der Waals surface area contributed by atoms with Gasteiger partial charge in [-0.2, -0.15) is 5.26 Å². The number of hydrogen-bond acceptors (Lipinski definition) is 4. The Hall–Kier alpha value is -3.33. The maximum Gasteiger partial charge on any atom is 0.265 e. The van der Waals surface area contributed by atoms with Crippen LogP contribution in [0.15, 0.2) is 48.5 Å². The van der Waals surface area contributed by atoms with Gasteiger partial charge in [0.15, 0.2) is 6.61 Å². The molecule has 2 aromatic carbocycles. The van der Waals surface area contributed by atoms with Crippen LogP contribution < -0.4 is 9.64 Å². The number of benzene rings is 2. The predicted octanol–water partition coefficient (Wildman–Crippen LogP) is 2.33. The van der Waals surface area contributed by atoms with Crippen molar-refractivity contribution in [2.75, 3.05) is 25.1 Å². The first-order valence-corrected chi connectivity index (χ1v) is 8.33. The second kappa shape index (κ2) is 7.70. The molecule has 26 heavy (non-hydrogen) atoms. The first-order valence-electron chi connectivity index (χ1n) is 8.33. The third-order valence-corrected chi connectivity index (χ3v) is 4.26. The molecule has 6 heteroatoms. The Bertz CT molecular complexity index is 873. The molecule has 0 radical (unpaired) electrons. The third-order valence-electron chi connectivity index (χ3n) is 4.26. The summed E-state index contributed by atoms with van der Waals surface area (Å²) in [5, 5.41) is 8.96. The average molecular weight is 349 g/mol. The molecule has 0 fully saturated rings. The molecule has 3 rings (SSSR count). The molecule has 0 unspecified atom stereocenters. The highest BCUT2D eigenvalue weighted by molar-refractivity contribution is 5.98. The van der Waals surface area contributed by atoms with Crippen molar-refractivity contribution < 1.29 is 14.3 Å². The Kier molecular flexibility index (Phi) is 5.18. The Labute approximate surface area is 152 Å². The molecular formula is C20H19N3O3. The van der Waals surface area contributed by atoms with E-state index in [0.717, 1.165) is 5.56 Å². The van der Waals surface area contributed by atoms with Crippen molar-refractivity contribution in [3.63, 3.8) is 0 Å². The molecule has 0 bridgehead atoms. The van der Waals surface area contributed by atoms with Crippen LogP contribution in [0, 0.1) is 11.3 Å². The van der Waals surface area contributed by atoms with Gasteiger partial charge in [0, 0.05) is 26.6 Å². The van der Waals surface area contributed by atoms with Crippen LogP contribution in [0.25, 0.3) is 0 Å². The second-order valence-corrected chi connectivity index (χ2v) is 6.11. The molecule has 6 nitrogen and oxygen atoms in total. The van der Waals surface area contributed by atoms with Gasteiger partial charge in [-0.05, 0) is 29.8 Å². The fourth-order valence-corrected chi connectivity index (χ4v) is 2.90. The van der Waals surface area contributed by atoms with Crippen LogP contribution in [-0.4, -0.2) is 36.9 Å². The van der Waals surface area contributed by atoms with Gasteiger partial charge in [0.2, 0.25) is 5.91 Å². The molecule has 0 aromatic heterocycles. The van der Waals surface area contributed by atoms with Gasteiger partial charge in [-0.15, -0.1) is 0 Å². The number of nitriles is 1. The Morgan fingerprint density at radius 1 is 1.27 bits per heavy atom. The highest BCUT2D eigenvalue weighted by Gasteiger charge is 2.25. The first-order chi connectivity index (χ1) is 12.6. The van der Waals surface area contributed by atoms with Crippen LogP contribution in [-0.2, 0) is 16.1 Å². The smallest absolute Gasteiger partial charge is 0.265 e. The molecule has 1 aliphatic heterocycles. The maximum absolute atomic E-state index is 12.5. The summed E-state index contributed by atoms with van der Waals surface area (Å²) in [5.41, 5.74) is 2.16. The fourth-order valence-electron chi connectivity index (χ4n) is 2.90. The van der Waals surface area contributed by atoms with Crippen molar-refractivity contribution in [2.24, 2.45) is 0 Å². The predicted molar refractivity (Wildman–Crippen MR) is 96.5 cm³/mol. The van der Waals surface area contributed by atoms with Crippen molar-refractivity contribution in [1.82, 2.24) is 4.90 Å². The van der Waals surface area contributed by atoms with Crippen molar-refractivity contribution in [1.29, 1.82) is 5.26 Å². The van der Waals surface area contributed by atoms with E-state index in [1.807, 2.05) is 30.3 Å². The summed E-state index contributed by atoms with van der Waals surface area (Å²) in [6.07, 6.45) is 0.217. The van der Waals surface area contributed by atoms with E-state index in [4.69, 9.17) is 10.00 Å². The zero-order valence-electron chi connectivity index (χ0n) is 14.5. The number of hydrogen-bond donors (Lipinski definition) is 0. The number of carbonyl (C=O) groups excluding carboxylic acids is 2. The molecule has 0 aliphatic carbocycles. The number of para-hydroxylation sites is 2. The molecule has 2 amide bonds. The topological polar surface area (TPSA) is 73.6 Å². The van der Waals surface area contributed by atoms with Gasteiger partial charge >= 0.3 is 0 Å². The lowest BCUT2D eigenvalue weighted by atomic mass is 10.1. The minimum atomic E-state index is -0.152. The largest absolute Gasteiger partial charge is 0.482 e. The highest BCUT2D eigenvalue weighted by atomic mass is 16.5. The van der Waals surface area contributed by atoms with Crippen LogP contribution in [0.2, 0.25) is 0 Å². The van der Waals surface area contributed by atoms with Gasteiger partial charge < -0.3 is 14.5 Å². The van der Waals surface area contributed by atoms with Crippen LogP contribution in [0.5, 0.6) is 5.75 Å². The summed E-state index contributed by atoms with van der Waals surface area (Å²) in [4.78, 5) is 27.8. The first kappa shape index (κ1) is 17.5. The molecule has 2 aromatic rings. The van der Waals surface area contributed by atoms with E-state index in [2.05, 4.69) is 6.07 Å². The second-order valence-electron chi connectivity index (χ2n) is 6.11. The molecular weight excluding hydrogens is 330 g/mol. The summed E-state index contributed by atoms with van der Waals surface area (Å²) in [7, 11) is 1.72. The van der Waals surface area contributed by atoms with E-state index >= 15 is 0 Å². The van der Waals surface area contributed by atoms with E-state index in [1.54, 1.807) is 35.0 Å². The molecule has 0 saturated heterocycles. The number of ether oxygens (including phenoxy) is 1. The van der Waals surface area contributed by atoms with Crippen molar-refractivity contribution in [2.45, 2.75) is 13.0 Å². The Morgan fingerprint density at radius 2 is 2.08 bits per heavy atom. The number of amides is 2. The number of rotatable bonds is 5. The maximum atomic E-state index is 12.5. The van der Waals surface area contributed by atoms with E-state index in [1.165, 1.54) is 0 Å². The number of nitrogens with zero attached hydrogens (tertiary/aromatic N) is 3. The Morgan fingerprint density at radius 3 is 2.88 bits per heavy atom. The number of anilines is 1. The third kappa shape index (κ3) is 3.83. The van der Waals surface area contributed by atoms with Crippen LogP contribution in [0.1, 0.15) is 17.5 Å². The molecule has 0 N–H and O–H groups in total. The lowest BCUT2D eigenvalue weighted by Crippen LogP contribution is -2.41. The summed E-state index contributed by atoms with van der Waals surface area (Å²) >= 11 is 0. The van der Waals surface area contributed by atoms with Gasteiger partial charge in [0.05, 0.1) is 17.3 Å². The van der Waals surface area contributed by atoms with E-state index in [-0.39, 0.29) is 24.8 Å². The minimum Gasteiger partial charge on any atom is -0.482 e. The lowest BCUT2D eigenvalue weighted by Gasteiger charge is -2.29. The van der Waals surface area contributed by atoms with E-state index < -0.39 is 0 Å². The van der Waals surface area contributed by atoms with E-state index in [0.29, 0.717) is 30.1 Å². The van der Waals surface area contributed by atoms with Crippen molar-refractivity contribution in [3.05, 3.63) is 59.7 Å². The van der Waals surface area contributed by atoms with Crippen LogP contribution in [0.3, 0.4) is 0 Å². The zero-order valence-corrected chi connectivity index (χ0v) is 14.5. The SMILES string of the molecule is CN(Cc1cccc(C#N)c1)C(=O)CCN1C(=O)COc2ccccc21. The standard InChI is InChI=1S/C20H19N3O3/c1-22(13-16-6-4-5-15(11-16)12-21)19(24)9-10-23-17-7-2-3-8-18(17)26-14-20(23)25/h2-8,11H,9-10,13-14H2,1H3. The van der Waals surface area contributed by atoms with Gasteiger partial charge in [-0.3, -0.25) is 9.59 Å². The van der Waals surface area contributed by atoms with Gasteiger partial charge in [0.1, 0.15) is 5.75 Å². The minimum absolute atomic E-state index is 0.0119. The monoisotopic (exact) mass is 349 g/mol. The van der Waals surface area contributed by atoms with Crippen LogP contribution in [0.4, 0.5) is 5.69 Å². The van der Waals surface area contributed by atoms with Crippen molar-refractivity contribution in [3.8, 4) is 11.8 Å². The van der Waals surface area contributed by atoms with Gasteiger partial charge in [-0.25, -0.2) is 0 Å².